The highest BCUT2D eigenvalue weighted by Crippen LogP contribution is 2.30. The molecule has 3 N–H and O–H groups in total. The summed E-state index contributed by atoms with van der Waals surface area (Å²) in [6.45, 7) is 1.09. The van der Waals surface area contributed by atoms with Gasteiger partial charge in [-0.05, 0) is 25.0 Å². The summed E-state index contributed by atoms with van der Waals surface area (Å²) < 4.78 is 5.69. The number of ether oxygens (including phenoxy) is 1. The first-order valence-corrected chi connectivity index (χ1v) is 6.57. The largest absolute Gasteiger partial charge is 0.393 e. The normalized spacial score (nSPS) is 15.6. The number of nitro groups is 1. The van der Waals surface area contributed by atoms with E-state index < -0.39 is 4.92 Å². The van der Waals surface area contributed by atoms with Crippen molar-refractivity contribution in [3.8, 4) is 0 Å². The van der Waals surface area contributed by atoms with Crippen LogP contribution in [0.25, 0.3) is 0 Å². The van der Waals surface area contributed by atoms with E-state index in [1.807, 2.05) is 0 Å². The summed E-state index contributed by atoms with van der Waals surface area (Å²) >= 11 is 0. The Morgan fingerprint density at radius 1 is 1.42 bits per heavy atom. The number of rotatable bonds is 6. The van der Waals surface area contributed by atoms with Crippen LogP contribution in [-0.4, -0.2) is 24.2 Å². The lowest BCUT2D eigenvalue weighted by Gasteiger charge is -2.12. The number of anilines is 2. The second-order valence-corrected chi connectivity index (χ2v) is 4.70. The van der Waals surface area contributed by atoms with Crippen molar-refractivity contribution in [2.45, 2.75) is 31.8 Å². The van der Waals surface area contributed by atoms with Gasteiger partial charge in [-0.15, -0.1) is 0 Å². The number of nitro benzene ring substituents is 1. The van der Waals surface area contributed by atoms with Gasteiger partial charge in [0.05, 0.1) is 17.6 Å². The van der Waals surface area contributed by atoms with E-state index >= 15 is 0 Å². The first-order valence-electron chi connectivity index (χ1n) is 6.57. The number of hydrogen-bond donors (Lipinski definition) is 2. The Morgan fingerprint density at radius 3 is 2.84 bits per heavy atom. The number of para-hydroxylation sites is 1. The van der Waals surface area contributed by atoms with E-state index in [0.29, 0.717) is 24.9 Å². The van der Waals surface area contributed by atoms with Crippen molar-refractivity contribution < 1.29 is 9.66 Å². The molecule has 0 radical (unpaired) electrons. The molecular weight excluding hydrogens is 246 g/mol. The molecule has 0 spiro atoms. The van der Waals surface area contributed by atoms with E-state index in [9.17, 15) is 10.1 Å². The Balaban J connectivity index is 1.85. The second kappa shape index (κ2) is 6.38. The zero-order valence-electron chi connectivity index (χ0n) is 10.8. The van der Waals surface area contributed by atoms with Crippen LogP contribution in [-0.2, 0) is 4.74 Å². The SMILES string of the molecule is Nc1cccc(NCCOC2CCCC2)c1[N+](=O)[O-]. The fourth-order valence-corrected chi connectivity index (χ4v) is 2.37. The van der Waals surface area contributed by atoms with Gasteiger partial charge in [0.1, 0.15) is 11.4 Å². The molecule has 1 aromatic carbocycles. The van der Waals surface area contributed by atoms with Gasteiger partial charge in [-0.1, -0.05) is 18.9 Å². The van der Waals surface area contributed by atoms with Gasteiger partial charge < -0.3 is 15.8 Å². The number of nitrogens with two attached hydrogens (primary N) is 1. The fourth-order valence-electron chi connectivity index (χ4n) is 2.37. The van der Waals surface area contributed by atoms with Gasteiger partial charge in [0.15, 0.2) is 0 Å². The maximum atomic E-state index is 10.9. The number of nitrogens with zero attached hydrogens (tertiary/aromatic N) is 1. The minimum Gasteiger partial charge on any atom is -0.393 e. The number of nitrogen functional groups attached to an aromatic ring is 1. The molecule has 104 valence electrons. The maximum absolute atomic E-state index is 10.9. The summed E-state index contributed by atoms with van der Waals surface area (Å²) in [5.41, 5.74) is 6.16. The summed E-state index contributed by atoms with van der Waals surface area (Å²) in [4.78, 5) is 10.5. The van der Waals surface area contributed by atoms with E-state index in [1.165, 1.54) is 18.9 Å². The van der Waals surface area contributed by atoms with Crippen LogP contribution in [0.15, 0.2) is 18.2 Å². The molecule has 0 amide bonds. The van der Waals surface area contributed by atoms with Crippen LogP contribution in [0.5, 0.6) is 0 Å². The van der Waals surface area contributed by atoms with Crippen molar-refractivity contribution in [1.29, 1.82) is 0 Å². The Morgan fingerprint density at radius 2 is 2.16 bits per heavy atom. The van der Waals surface area contributed by atoms with Gasteiger partial charge >= 0.3 is 5.69 Å². The predicted molar refractivity (Wildman–Crippen MR) is 74.2 cm³/mol. The molecule has 0 saturated heterocycles. The molecule has 0 heterocycles. The van der Waals surface area contributed by atoms with Crippen molar-refractivity contribution in [3.63, 3.8) is 0 Å². The fraction of sp³-hybridized carbons (Fsp3) is 0.538. The Labute approximate surface area is 112 Å². The van der Waals surface area contributed by atoms with E-state index in [4.69, 9.17) is 10.5 Å². The number of hydrogen-bond acceptors (Lipinski definition) is 5. The topological polar surface area (TPSA) is 90.4 Å². The Hall–Kier alpha value is -1.82. The molecule has 0 aromatic heterocycles. The van der Waals surface area contributed by atoms with Gasteiger partial charge in [0.2, 0.25) is 0 Å². The summed E-state index contributed by atoms with van der Waals surface area (Å²) in [6, 6.07) is 4.88. The smallest absolute Gasteiger partial charge is 0.314 e. The third-order valence-electron chi connectivity index (χ3n) is 3.32. The van der Waals surface area contributed by atoms with Crippen LogP contribution >= 0.6 is 0 Å². The van der Waals surface area contributed by atoms with Crippen molar-refractivity contribution in [1.82, 2.24) is 0 Å². The van der Waals surface area contributed by atoms with Crippen molar-refractivity contribution in [3.05, 3.63) is 28.3 Å². The predicted octanol–water partition coefficient (Wildman–Crippen LogP) is 2.55. The quantitative estimate of drug-likeness (QED) is 0.357. The molecule has 19 heavy (non-hydrogen) atoms. The second-order valence-electron chi connectivity index (χ2n) is 4.70. The molecule has 0 bridgehead atoms. The highest BCUT2D eigenvalue weighted by Gasteiger charge is 2.18. The Kier molecular flexibility index (Phi) is 4.57. The van der Waals surface area contributed by atoms with E-state index in [2.05, 4.69) is 5.32 Å². The van der Waals surface area contributed by atoms with E-state index in [1.54, 1.807) is 12.1 Å². The molecule has 1 saturated carbocycles. The lowest BCUT2D eigenvalue weighted by atomic mass is 10.2. The average Bonchev–Trinajstić information content (AvgIpc) is 2.87. The minimum atomic E-state index is -0.463. The molecule has 1 fully saturated rings. The summed E-state index contributed by atoms with van der Waals surface area (Å²) in [7, 11) is 0. The van der Waals surface area contributed by atoms with Gasteiger partial charge in [-0.25, -0.2) is 0 Å². The van der Waals surface area contributed by atoms with Crippen molar-refractivity contribution in [2.24, 2.45) is 0 Å². The molecule has 1 aliphatic carbocycles. The van der Waals surface area contributed by atoms with Crippen LogP contribution in [0.3, 0.4) is 0 Å². The highest BCUT2D eigenvalue weighted by atomic mass is 16.6. The van der Waals surface area contributed by atoms with Crippen LogP contribution in [0.1, 0.15) is 25.7 Å². The van der Waals surface area contributed by atoms with Gasteiger partial charge in [-0.3, -0.25) is 10.1 Å². The number of nitrogens with one attached hydrogen (secondary N) is 1. The molecule has 0 aliphatic heterocycles. The van der Waals surface area contributed by atoms with E-state index in [0.717, 1.165) is 12.8 Å². The van der Waals surface area contributed by atoms with Gasteiger partial charge in [0.25, 0.3) is 0 Å². The Bertz CT molecular complexity index is 445. The molecule has 1 aromatic rings. The summed E-state index contributed by atoms with van der Waals surface area (Å²) in [6.07, 6.45) is 5.08. The maximum Gasteiger partial charge on any atom is 0.314 e. The zero-order chi connectivity index (χ0) is 13.7. The van der Waals surface area contributed by atoms with Crippen LogP contribution < -0.4 is 11.1 Å². The van der Waals surface area contributed by atoms with Crippen LogP contribution in [0.2, 0.25) is 0 Å². The lowest BCUT2D eigenvalue weighted by Crippen LogP contribution is -2.16. The molecule has 0 atom stereocenters. The lowest BCUT2D eigenvalue weighted by molar-refractivity contribution is -0.383. The van der Waals surface area contributed by atoms with Crippen molar-refractivity contribution in [2.75, 3.05) is 24.2 Å². The molecular formula is C13H19N3O3. The first-order chi connectivity index (χ1) is 9.18. The molecule has 6 heteroatoms. The molecule has 6 nitrogen and oxygen atoms in total. The van der Waals surface area contributed by atoms with E-state index in [-0.39, 0.29) is 11.4 Å². The summed E-state index contributed by atoms with van der Waals surface area (Å²) in [5.74, 6) is 0. The molecule has 1 aliphatic rings. The van der Waals surface area contributed by atoms with Crippen molar-refractivity contribution >= 4 is 17.1 Å². The van der Waals surface area contributed by atoms with Crippen LogP contribution in [0, 0.1) is 10.1 Å². The molecule has 2 rings (SSSR count). The molecule has 0 unspecified atom stereocenters. The van der Waals surface area contributed by atoms with Gasteiger partial charge in [-0.2, -0.15) is 0 Å². The monoisotopic (exact) mass is 265 g/mol. The van der Waals surface area contributed by atoms with Crippen LogP contribution in [0.4, 0.5) is 17.1 Å². The summed E-state index contributed by atoms with van der Waals surface area (Å²) in [5, 5.41) is 14.0. The third-order valence-corrected chi connectivity index (χ3v) is 3.32. The van der Waals surface area contributed by atoms with Gasteiger partial charge in [0, 0.05) is 6.54 Å². The minimum absolute atomic E-state index is 0.0663. The highest BCUT2D eigenvalue weighted by molar-refractivity contribution is 5.74. The standard InChI is InChI=1S/C13H19N3O3/c14-11-6-3-7-12(13(11)16(17)18)15-8-9-19-10-4-1-2-5-10/h3,6-7,10,15H,1-2,4-5,8-9,14H2. The third kappa shape index (κ3) is 3.57. The zero-order valence-corrected chi connectivity index (χ0v) is 10.8. The first kappa shape index (κ1) is 13.6. The average molecular weight is 265 g/mol. The number of benzene rings is 1.